The Morgan fingerprint density at radius 1 is 0.885 bits per heavy atom. The third-order valence-corrected chi connectivity index (χ3v) is 15.4. The summed E-state index contributed by atoms with van der Waals surface area (Å²) in [6.45, 7) is 0.994. The summed E-state index contributed by atoms with van der Waals surface area (Å²) in [4.78, 5) is 1.85. The fourth-order valence-corrected chi connectivity index (χ4v) is 11.6. The van der Waals surface area contributed by atoms with Gasteiger partial charge in [-0.2, -0.15) is 0 Å². The maximum atomic E-state index is 12.9. The van der Waals surface area contributed by atoms with Crippen molar-refractivity contribution >= 4 is 87.7 Å². The van der Waals surface area contributed by atoms with Crippen LogP contribution < -0.4 is 23.4 Å². The van der Waals surface area contributed by atoms with Gasteiger partial charge in [0.2, 0.25) is 0 Å². The topological polar surface area (TPSA) is 99.5 Å². The van der Waals surface area contributed by atoms with Crippen LogP contribution >= 0.6 is 0 Å². The molecule has 1 aromatic heterocycles. The van der Waals surface area contributed by atoms with E-state index in [-0.39, 0.29) is 42.5 Å². The van der Waals surface area contributed by atoms with E-state index in [1.54, 1.807) is 9.44 Å². The normalized spacial score (nSPS) is 17.1. The minimum absolute atomic E-state index is 0.0000264. The molecule has 0 unspecified atom stereocenters. The van der Waals surface area contributed by atoms with E-state index in [4.69, 9.17) is 0 Å². The van der Waals surface area contributed by atoms with Crippen LogP contribution in [0.2, 0.25) is 0 Å². The van der Waals surface area contributed by atoms with Gasteiger partial charge in [0.25, 0.3) is 0 Å². The summed E-state index contributed by atoms with van der Waals surface area (Å²) in [5.74, 6) is 0. The van der Waals surface area contributed by atoms with Crippen LogP contribution in [0.3, 0.4) is 0 Å². The van der Waals surface area contributed by atoms with Crippen molar-refractivity contribution in [2.45, 2.75) is 37.3 Å². The van der Waals surface area contributed by atoms with Crippen LogP contribution in [0.5, 0.6) is 0 Å². The van der Waals surface area contributed by atoms with Gasteiger partial charge in [0.15, 0.2) is 0 Å². The monoisotopic (exact) mass is 897 g/mol. The molecule has 0 bridgehead atoms. The average Bonchev–Trinajstić information content (AvgIpc) is 3.84. The molecule has 2 aromatic carbocycles. The Morgan fingerprint density at radius 3 is 2.19 bits per heavy atom. The van der Waals surface area contributed by atoms with Gasteiger partial charge in [-0.15, -0.1) is 0 Å². The molecule has 2 aliphatic carbocycles. The number of sulfonamides is 2. The second-order valence-electron chi connectivity index (χ2n) is 11.9. The number of aromatic nitrogens is 1. The molecule has 52 heavy (non-hydrogen) atoms. The van der Waals surface area contributed by atoms with Gasteiger partial charge >= 0.3 is 310 Å². The first-order valence-electron chi connectivity index (χ1n) is 15.7. The molecule has 276 valence electrons. The van der Waals surface area contributed by atoms with E-state index in [1.807, 2.05) is 89.3 Å². The first kappa shape index (κ1) is 38.5. The Kier molecular flexibility index (Phi) is 11.0. The second-order valence-corrected chi connectivity index (χ2v) is 19.9. The number of nitrogens with one attached hydrogen (secondary N) is 2. The zero-order chi connectivity index (χ0) is 37.5. The summed E-state index contributed by atoms with van der Waals surface area (Å²) >= 11 is -0.364. The summed E-state index contributed by atoms with van der Waals surface area (Å²) in [6.07, 6.45) is 20.7. The number of hydrogen-bond acceptors (Lipinski definition) is 5. The fraction of sp³-hybridized carbons (Fsp3) is 0.265. The Balaban J connectivity index is 1.19. The molecule has 6 rings (SSSR count). The summed E-state index contributed by atoms with van der Waals surface area (Å²) in [5, 5.41) is 0. The molecule has 2 N–H and O–H groups in total. The number of fused-ring (bicyclic) bond motifs is 4. The molecule has 0 radical (unpaired) electrons. The Bertz CT molecular complexity index is 2320. The van der Waals surface area contributed by atoms with Crippen LogP contribution in [0.1, 0.15) is 33.7 Å². The van der Waals surface area contributed by atoms with Gasteiger partial charge in [0, 0.05) is 0 Å². The second kappa shape index (κ2) is 14.9. The van der Waals surface area contributed by atoms with E-state index < -0.39 is 44.2 Å². The van der Waals surface area contributed by atoms with E-state index in [9.17, 15) is 43.2 Å². The van der Waals surface area contributed by atoms with Gasteiger partial charge in [-0.1, -0.05) is 0 Å². The average molecular weight is 896 g/mol. The predicted octanol–water partition coefficient (Wildman–Crippen LogP) is 4.41. The maximum absolute atomic E-state index is 12.9. The van der Waals surface area contributed by atoms with Crippen molar-refractivity contribution in [3.63, 3.8) is 0 Å². The molecule has 2 heterocycles. The van der Waals surface area contributed by atoms with Crippen molar-refractivity contribution in [2.75, 3.05) is 24.5 Å². The molecule has 1 aliphatic heterocycles. The number of nitrogens with zero attached hydrogens (tertiary/aromatic N) is 2. The van der Waals surface area contributed by atoms with Gasteiger partial charge in [-0.25, -0.2) is 0 Å². The molecule has 0 saturated carbocycles. The van der Waals surface area contributed by atoms with Gasteiger partial charge in [0.05, 0.1) is 0 Å². The van der Waals surface area contributed by atoms with Crippen LogP contribution in [-0.2, 0) is 39.4 Å². The van der Waals surface area contributed by atoms with Crippen molar-refractivity contribution < 1.29 is 47.7 Å². The Labute approximate surface area is 309 Å². The van der Waals surface area contributed by atoms with Crippen molar-refractivity contribution in [1.29, 1.82) is 0 Å². The van der Waals surface area contributed by atoms with Crippen LogP contribution in [0.15, 0.2) is 77.0 Å². The SMILES string of the molecule is CC(C=CC=C1[Se]c2cc3c(cc2N1CCNS(=O)(=O)C(F)(F)F)CC=C3)=CC=Cc1[se]c2cc3c(cc2[n+]1CCNS(=O)(=O)C(F)(F)F)C=CC3. The third kappa shape index (κ3) is 8.29. The Hall–Kier alpha value is -3.21. The molecule has 18 heteroatoms. The van der Waals surface area contributed by atoms with Gasteiger partial charge in [-0.3, -0.25) is 0 Å². The number of anilines is 1. The number of rotatable bonds is 12. The van der Waals surface area contributed by atoms with E-state index in [1.165, 1.54) is 0 Å². The van der Waals surface area contributed by atoms with E-state index in [2.05, 4.69) is 12.1 Å². The fourth-order valence-electron chi connectivity index (χ4n) is 5.78. The minimum atomic E-state index is -5.48. The number of hydrogen-bond donors (Lipinski definition) is 2. The van der Waals surface area contributed by atoms with Crippen LogP contribution in [0.4, 0.5) is 32.0 Å². The number of halogens is 6. The molecular formula is C34H31F6N4O4S2Se2+. The first-order valence-corrected chi connectivity index (χ1v) is 22.1. The van der Waals surface area contributed by atoms with Crippen LogP contribution in [0.25, 0.3) is 28.0 Å². The van der Waals surface area contributed by atoms with Crippen LogP contribution in [-0.4, -0.2) is 76.9 Å². The van der Waals surface area contributed by atoms with Gasteiger partial charge in [0.1, 0.15) is 0 Å². The summed E-state index contributed by atoms with van der Waals surface area (Å²) in [5.41, 5.74) is -3.92. The summed E-state index contributed by atoms with van der Waals surface area (Å²) in [7, 11) is -11.0. The van der Waals surface area contributed by atoms with Gasteiger partial charge < -0.3 is 0 Å². The molecule has 0 atom stereocenters. The molecule has 0 fully saturated rings. The number of alkyl halides is 6. The zero-order valence-corrected chi connectivity index (χ0v) is 32.3. The van der Waals surface area contributed by atoms with Crippen LogP contribution in [0, 0.1) is 0 Å². The predicted molar refractivity (Wildman–Crippen MR) is 192 cm³/mol. The third-order valence-electron chi connectivity index (χ3n) is 8.31. The molecular weight excluding hydrogens is 864 g/mol. The number of allylic oxidation sites excluding steroid dienone is 8. The summed E-state index contributed by atoms with van der Waals surface area (Å²) in [6, 6.07) is 8.15. The van der Waals surface area contributed by atoms with Crippen molar-refractivity contribution in [1.82, 2.24) is 9.44 Å². The number of benzene rings is 2. The molecule has 0 saturated heterocycles. The molecule has 3 aliphatic rings. The van der Waals surface area contributed by atoms with Crippen molar-refractivity contribution in [2.24, 2.45) is 0 Å². The van der Waals surface area contributed by atoms with E-state index in [0.29, 0.717) is 0 Å². The zero-order valence-electron chi connectivity index (χ0n) is 27.3. The molecule has 8 nitrogen and oxygen atoms in total. The van der Waals surface area contributed by atoms with Crippen molar-refractivity contribution in [3.8, 4) is 0 Å². The van der Waals surface area contributed by atoms with Gasteiger partial charge in [-0.05, 0) is 0 Å². The summed E-state index contributed by atoms with van der Waals surface area (Å²) < 4.78 is 133. The molecule has 0 spiro atoms. The van der Waals surface area contributed by atoms with E-state index in [0.717, 1.165) is 69.8 Å². The first-order chi connectivity index (χ1) is 24.4. The van der Waals surface area contributed by atoms with E-state index >= 15 is 0 Å². The van der Waals surface area contributed by atoms with Crippen molar-refractivity contribution in [3.05, 3.63) is 104 Å². The Morgan fingerprint density at radius 2 is 1.52 bits per heavy atom. The molecule has 3 aromatic rings. The standard InChI is InChI=1S/C34H31F6N4O4S2Se2/c1-22(6-2-12-31-43(16-14-41-49(45,46)33(35,36)37)27-18-23-8-4-10-25(23)20-29(27)51-31)7-3-13-32-44(17-15-42-50(47,48)34(38,39)40)28-19-24-9-5-11-26(24)21-30(28)52-32/h2-8,11-13,18-21,41-42H,9-10,14-17H2,1H3/q+1. The molecule has 0 amide bonds. The quantitative estimate of drug-likeness (QED) is 0.122.